The summed E-state index contributed by atoms with van der Waals surface area (Å²) in [6.45, 7) is 3.56. The Balaban J connectivity index is 2.51. The Labute approximate surface area is 98.3 Å². The summed E-state index contributed by atoms with van der Waals surface area (Å²) in [6, 6.07) is 3.21. The van der Waals surface area contributed by atoms with Gasteiger partial charge in [-0.25, -0.2) is 4.39 Å². The highest BCUT2D eigenvalue weighted by atomic mass is 19.1. The Kier molecular flexibility index (Phi) is 2.85. The van der Waals surface area contributed by atoms with Crippen molar-refractivity contribution in [2.75, 3.05) is 5.73 Å². The molecule has 1 unspecified atom stereocenters. The molecule has 1 aromatic carbocycles. The zero-order chi connectivity index (χ0) is 12.6. The number of aromatic nitrogens is 2. The molecule has 0 spiro atoms. The molecule has 17 heavy (non-hydrogen) atoms. The highest BCUT2D eigenvalue weighted by Crippen LogP contribution is 2.30. The van der Waals surface area contributed by atoms with Crippen molar-refractivity contribution in [2.45, 2.75) is 20.0 Å². The van der Waals surface area contributed by atoms with Gasteiger partial charge in [0, 0.05) is 11.1 Å². The number of hydrogen-bond acceptors (Lipinski definition) is 3. The summed E-state index contributed by atoms with van der Waals surface area (Å²) in [5.74, 6) is -0.188. The van der Waals surface area contributed by atoms with E-state index in [1.165, 1.54) is 12.3 Å². The topological polar surface area (TPSA) is 74.9 Å². The van der Waals surface area contributed by atoms with Gasteiger partial charge in [0.15, 0.2) is 0 Å². The molecule has 5 heteroatoms. The second-order valence-electron chi connectivity index (χ2n) is 4.12. The van der Waals surface area contributed by atoms with Crippen LogP contribution in [0, 0.1) is 19.7 Å². The third kappa shape index (κ3) is 2.01. The highest BCUT2D eigenvalue weighted by Gasteiger charge is 2.21. The van der Waals surface area contributed by atoms with Gasteiger partial charge >= 0.3 is 0 Å². The molecule has 0 bridgehead atoms. The molecule has 0 aliphatic carbocycles. The Morgan fingerprint density at radius 1 is 1.41 bits per heavy atom. The van der Waals surface area contributed by atoms with E-state index < -0.39 is 11.9 Å². The number of hydrogen-bond donors (Lipinski definition) is 3. The third-order valence-corrected chi connectivity index (χ3v) is 2.75. The molecule has 2 rings (SSSR count). The number of nitrogens with two attached hydrogens (primary N) is 1. The zero-order valence-corrected chi connectivity index (χ0v) is 9.66. The van der Waals surface area contributed by atoms with Gasteiger partial charge in [-0.2, -0.15) is 5.10 Å². The molecule has 4 nitrogen and oxygen atoms in total. The largest absolute Gasteiger partial charge is 0.384 e. The van der Waals surface area contributed by atoms with Crippen molar-refractivity contribution in [3.8, 4) is 0 Å². The fourth-order valence-corrected chi connectivity index (χ4v) is 1.95. The van der Waals surface area contributed by atoms with Crippen molar-refractivity contribution < 1.29 is 9.50 Å². The fraction of sp³-hybridized carbons (Fsp3) is 0.250. The second-order valence-corrected chi connectivity index (χ2v) is 4.12. The molecule has 1 atom stereocenters. The van der Waals surface area contributed by atoms with Crippen molar-refractivity contribution in [3.63, 3.8) is 0 Å². The normalized spacial score (nSPS) is 12.7. The van der Waals surface area contributed by atoms with Crippen LogP contribution < -0.4 is 5.73 Å². The smallest absolute Gasteiger partial charge is 0.129 e. The van der Waals surface area contributed by atoms with Gasteiger partial charge in [-0.05, 0) is 31.0 Å². The van der Waals surface area contributed by atoms with Crippen LogP contribution >= 0.6 is 0 Å². The number of aliphatic hydroxyl groups is 1. The minimum absolute atomic E-state index is 0.240. The summed E-state index contributed by atoms with van der Waals surface area (Å²) >= 11 is 0. The van der Waals surface area contributed by atoms with E-state index in [-0.39, 0.29) is 11.4 Å². The first-order valence-corrected chi connectivity index (χ1v) is 5.24. The molecule has 0 aliphatic rings. The van der Waals surface area contributed by atoms with Crippen LogP contribution in [-0.4, -0.2) is 15.3 Å². The number of halogens is 1. The van der Waals surface area contributed by atoms with Crippen LogP contribution in [-0.2, 0) is 0 Å². The van der Waals surface area contributed by atoms with E-state index in [9.17, 15) is 9.50 Å². The van der Waals surface area contributed by atoms with Crippen molar-refractivity contribution in [2.24, 2.45) is 0 Å². The minimum Gasteiger partial charge on any atom is -0.384 e. The van der Waals surface area contributed by atoms with Crippen LogP contribution in [0.2, 0.25) is 0 Å². The Hall–Kier alpha value is -1.88. The number of rotatable bonds is 2. The first kappa shape index (κ1) is 11.6. The number of aliphatic hydroxyl groups excluding tert-OH is 1. The fourth-order valence-electron chi connectivity index (χ4n) is 1.95. The molecule has 0 saturated heterocycles. The maximum Gasteiger partial charge on any atom is 0.129 e. The lowest BCUT2D eigenvalue weighted by molar-refractivity contribution is 0.215. The summed E-state index contributed by atoms with van der Waals surface area (Å²) in [5, 5.41) is 16.4. The number of aromatic amines is 1. The Morgan fingerprint density at radius 2 is 2.12 bits per heavy atom. The summed E-state index contributed by atoms with van der Waals surface area (Å²) in [6.07, 6.45) is 0.299. The van der Waals surface area contributed by atoms with Crippen molar-refractivity contribution in [1.82, 2.24) is 10.2 Å². The lowest BCUT2D eigenvalue weighted by Gasteiger charge is -2.14. The van der Waals surface area contributed by atoms with Crippen molar-refractivity contribution >= 4 is 5.82 Å². The second kappa shape index (κ2) is 4.18. The molecular weight excluding hydrogens is 221 g/mol. The van der Waals surface area contributed by atoms with E-state index in [4.69, 9.17) is 5.73 Å². The molecule has 90 valence electrons. The van der Waals surface area contributed by atoms with E-state index in [0.717, 1.165) is 5.56 Å². The van der Waals surface area contributed by atoms with Crippen LogP contribution in [0.5, 0.6) is 0 Å². The molecule has 0 fully saturated rings. The summed E-state index contributed by atoms with van der Waals surface area (Å²) in [5.41, 5.74) is 7.74. The lowest BCUT2D eigenvalue weighted by Crippen LogP contribution is -2.07. The molecule has 0 saturated carbocycles. The number of aryl methyl sites for hydroxylation is 2. The standard InChI is InChI=1S/C12H14FN3O/c1-6-3-7(2)10(9(13)4-6)11(17)8-5-15-16-12(8)14/h3-5,11,17H,1-2H3,(H3,14,15,16). The van der Waals surface area contributed by atoms with Crippen molar-refractivity contribution in [1.29, 1.82) is 0 Å². The van der Waals surface area contributed by atoms with Gasteiger partial charge in [0.25, 0.3) is 0 Å². The number of nitrogens with zero attached hydrogens (tertiary/aromatic N) is 1. The van der Waals surface area contributed by atoms with Crippen LogP contribution in [0.1, 0.15) is 28.4 Å². The minimum atomic E-state index is -1.10. The summed E-state index contributed by atoms with van der Waals surface area (Å²) in [4.78, 5) is 0. The van der Waals surface area contributed by atoms with Gasteiger partial charge in [-0.15, -0.1) is 0 Å². The lowest BCUT2D eigenvalue weighted by atomic mass is 9.97. The average Bonchev–Trinajstić information content (AvgIpc) is 2.62. The number of benzene rings is 1. The van der Waals surface area contributed by atoms with E-state index in [1.807, 2.05) is 6.07 Å². The van der Waals surface area contributed by atoms with E-state index in [1.54, 1.807) is 13.8 Å². The van der Waals surface area contributed by atoms with Gasteiger partial charge in [-0.3, -0.25) is 5.10 Å². The monoisotopic (exact) mass is 235 g/mol. The van der Waals surface area contributed by atoms with Gasteiger partial charge in [0.2, 0.25) is 0 Å². The molecule has 2 aromatic rings. The number of nitrogen functional groups attached to an aromatic ring is 1. The maximum atomic E-state index is 13.9. The van der Waals surface area contributed by atoms with Gasteiger partial charge in [0.1, 0.15) is 17.7 Å². The van der Waals surface area contributed by atoms with Crippen molar-refractivity contribution in [3.05, 3.63) is 46.4 Å². The summed E-state index contributed by atoms with van der Waals surface area (Å²) < 4.78 is 13.9. The van der Waals surface area contributed by atoms with E-state index in [2.05, 4.69) is 10.2 Å². The SMILES string of the molecule is Cc1cc(C)c(C(O)c2cn[nH]c2N)c(F)c1. The molecular formula is C12H14FN3O. The molecule has 1 aromatic heterocycles. The highest BCUT2D eigenvalue weighted by molar-refractivity contribution is 5.46. The van der Waals surface area contributed by atoms with Crippen LogP contribution in [0.25, 0.3) is 0 Å². The molecule has 0 radical (unpaired) electrons. The van der Waals surface area contributed by atoms with Crippen LogP contribution in [0.3, 0.4) is 0 Å². The Bertz CT molecular complexity index is 527. The van der Waals surface area contributed by atoms with E-state index >= 15 is 0 Å². The maximum absolute atomic E-state index is 13.9. The first-order valence-electron chi connectivity index (χ1n) is 5.24. The predicted molar refractivity (Wildman–Crippen MR) is 62.9 cm³/mol. The zero-order valence-electron chi connectivity index (χ0n) is 9.66. The quantitative estimate of drug-likeness (QED) is 0.743. The Morgan fingerprint density at radius 3 is 2.65 bits per heavy atom. The van der Waals surface area contributed by atoms with E-state index in [0.29, 0.717) is 11.1 Å². The third-order valence-electron chi connectivity index (χ3n) is 2.75. The van der Waals surface area contributed by atoms with Gasteiger partial charge in [-0.1, -0.05) is 6.07 Å². The molecule has 4 N–H and O–H groups in total. The van der Waals surface area contributed by atoms with Gasteiger partial charge in [0.05, 0.1) is 6.20 Å². The van der Waals surface area contributed by atoms with Crippen LogP contribution in [0.4, 0.5) is 10.2 Å². The van der Waals surface area contributed by atoms with Gasteiger partial charge < -0.3 is 10.8 Å². The number of H-pyrrole nitrogens is 1. The predicted octanol–water partition coefficient (Wildman–Crippen LogP) is 1.83. The number of anilines is 1. The first-order chi connectivity index (χ1) is 8.00. The summed E-state index contributed by atoms with van der Waals surface area (Å²) in [7, 11) is 0. The average molecular weight is 235 g/mol. The molecule has 0 amide bonds. The molecule has 0 aliphatic heterocycles. The van der Waals surface area contributed by atoms with Crippen LogP contribution in [0.15, 0.2) is 18.3 Å². The number of nitrogens with one attached hydrogen (secondary N) is 1. The molecule has 1 heterocycles.